The first-order chi connectivity index (χ1) is 9.52. The van der Waals surface area contributed by atoms with Crippen LogP contribution in [0.1, 0.15) is 37.7 Å². The van der Waals surface area contributed by atoms with Crippen LogP contribution in [-0.4, -0.2) is 35.8 Å². The summed E-state index contributed by atoms with van der Waals surface area (Å²) in [7, 11) is 0. The molecule has 20 heavy (non-hydrogen) atoms. The summed E-state index contributed by atoms with van der Waals surface area (Å²) >= 11 is 1.31. The van der Waals surface area contributed by atoms with Crippen LogP contribution in [0.15, 0.2) is 6.07 Å². The van der Waals surface area contributed by atoms with Gasteiger partial charge in [0.25, 0.3) is 0 Å². The van der Waals surface area contributed by atoms with Gasteiger partial charge in [-0.2, -0.15) is 0 Å². The van der Waals surface area contributed by atoms with Crippen molar-refractivity contribution in [3.05, 3.63) is 21.1 Å². The maximum atomic E-state index is 11.1. The molecule has 2 heterocycles. The Hall–Kier alpha value is -1.18. The molecule has 7 heteroatoms. The van der Waals surface area contributed by atoms with Crippen LogP contribution in [0.5, 0.6) is 0 Å². The topological polar surface area (TPSA) is 75.8 Å². The summed E-state index contributed by atoms with van der Waals surface area (Å²) in [6.45, 7) is 5.82. The molecule has 0 radical (unpaired) electrons. The van der Waals surface area contributed by atoms with Gasteiger partial charge < -0.3 is 14.7 Å². The summed E-state index contributed by atoms with van der Waals surface area (Å²) in [5, 5.41) is 21.4. The molecule has 1 atom stereocenters. The molecule has 1 aromatic rings. The van der Waals surface area contributed by atoms with Crippen molar-refractivity contribution >= 4 is 22.0 Å². The van der Waals surface area contributed by atoms with E-state index in [2.05, 4.69) is 0 Å². The van der Waals surface area contributed by atoms with Crippen LogP contribution in [0.2, 0.25) is 0 Å². The van der Waals surface area contributed by atoms with Crippen LogP contribution in [0, 0.1) is 10.1 Å². The van der Waals surface area contributed by atoms with Crippen LogP contribution in [0.4, 0.5) is 10.7 Å². The number of rotatable bonds is 5. The third-order valence-corrected chi connectivity index (χ3v) is 4.81. The summed E-state index contributed by atoms with van der Waals surface area (Å²) in [5.41, 5.74) is 0.0979. The van der Waals surface area contributed by atoms with Crippen molar-refractivity contribution in [2.24, 2.45) is 0 Å². The smallest absolute Gasteiger partial charge is 0.304 e. The SMILES string of the molecule is CCOC1CCN(c2sc([C@H](C)O)cc2[N+](=O)[O-])CC1. The maximum absolute atomic E-state index is 11.1. The zero-order valence-corrected chi connectivity index (χ0v) is 12.6. The van der Waals surface area contributed by atoms with Crippen molar-refractivity contribution in [2.75, 3.05) is 24.6 Å². The molecule has 0 spiro atoms. The van der Waals surface area contributed by atoms with Gasteiger partial charge in [0.15, 0.2) is 5.00 Å². The van der Waals surface area contributed by atoms with Crippen molar-refractivity contribution in [3.63, 3.8) is 0 Å². The van der Waals surface area contributed by atoms with Crippen molar-refractivity contribution in [2.45, 2.75) is 38.9 Å². The summed E-state index contributed by atoms with van der Waals surface area (Å²) in [6, 6.07) is 1.49. The van der Waals surface area contributed by atoms with Gasteiger partial charge in [-0.05, 0) is 26.7 Å². The fourth-order valence-electron chi connectivity index (χ4n) is 2.41. The number of aliphatic hydroxyl groups excluding tert-OH is 1. The van der Waals surface area contributed by atoms with E-state index in [9.17, 15) is 15.2 Å². The maximum Gasteiger partial charge on any atom is 0.304 e. The molecule has 1 aliphatic heterocycles. The van der Waals surface area contributed by atoms with Crippen LogP contribution in [-0.2, 0) is 4.74 Å². The van der Waals surface area contributed by atoms with Crippen LogP contribution in [0.3, 0.4) is 0 Å². The fraction of sp³-hybridized carbons (Fsp3) is 0.692. The predicted molar refractivity (Wildman–Crippen MR) is 78.5 cm³/mol. The first-order valence-corrected chi connectivity index (χ1v) is 7.67. The second kappa shape index (κ2) is 6.51. The molecule has 1 saturated heterocycles. The molecule has 1 N–H and O–H groups in total. The highest BCUT2D eigenvalue weighted by atomic mass is 32.1. The monoisotopic (exact) mass is 300 g/mol. The van der Waals surface area contributed by atoms with E-state index in [1.165, 1.54) is 17.4 Å². The zero-order valence-electron chi connectivity index (χ0n) is 11.7. The Bertz CT molecular complexity index is 467. The molecule has 1 aliphatic rings. The molecule has 0 unspecified atom stereocenters. The summed E-state index contributed by atoms with van der Waals surface area (Å²) < 4.78 is 5.59. The number of hydrogen-bond acceptors (Lipinski definition) is 6. The van der Waals surface area contributed by atoms with Gasteiger partial charge in [-0.15, -0.1) is 11.3 Å². The van der Waals surface area contributed by atoms with E-state index in [1.54, 1.807) is 6.92 Å². The Morgan fingerprint density at radius 1 is 1.60 bits per heavy atom. The Balaban J connectivity index is 2.14. The van der Waals surface area contributed by atoms with Crippen LogP contribution < -0.4 is 4.90 Å². The quantitative estimate of drug-likeness (QED) is 0.668. The zero-order chi connectivity index (χ0) is 14.7. The molecule has 0 aliphatic carbocycles. The van der Waals surface area contributed by atoms with Gasteiger partial charge in [-0.1, -0.05) is 0 Å². The Kier molecular flexibility index (Phi) is 4.95. The minimum Gasteiger partial charge on any atom is -0.388 e. The molecule has 0 saturated carbocycles. The van der Waals surface area contributed by atoms with Gasteiger partial charge in [0.1, 0.15) is 0 Å². The second-order valence-corrected chi connectivity index (χ2v) is 5.98. The minimum absolute atomic E-state index is 0.0979. The highest BCUT2D eigenvalue weighted by Gasteiger charge is 2.28. The lowest BCUT2D eigenvalue weighted by Gasteiger charge is -2.31. The van der Waals surface area contributed by atoms with E-state index >= 15 is 0 Å². The van der Waals surface area contributed by atoms with E-state index in [1.807, 2.05) is 11.8 Å². The highest BCUT2D eigenvalue weighted by Crippen LogP contribution is 2.41. The predicted octanol–water partition coefficient (Wildman–Crippen LogP) is 2.71. The van der Waals surface area contributed by atoms with Gasteiger partial charge >= 0.3 is 5.69 Å². The average molecular weight is 300 g/mol. The lowest BCUT2D eigenvalue weighted by molar-refractivity contribution is -0.383. The van der Waals surface area contributed by atoms with E-state index in [0.717, 1.165) is 25.9 Å². The minimum atomic E-state index is -0.673. The summed E-state index contributed by atoms with van der Waals surface area (Å²) in [6.07, 6.45) is 1.35. The second-order valence-electron chi connectivity index (χ2n) is 4.91. The number of ether oxygens (including phenoxy) is 1. The lowest BCUT2D eigenvalue weighted by atomic mass is 10.1. The summed E-state index contributed by atoms with van der Waals surface area (Å²) in [4.78, 5) is 13.4. The molecule has 0 bridgehead atoms. The van der Waals surface area contributed by atoms with Gasteiger partial charge in [0.05, 0.1) is 17.1 Å². The highest BCUT2D eigenvalue weighted by molar-refractivity contribution is 7.16. The fourth-order valence-corrected chi connectivity index (χ4v) is 3.53. The number of piperidine rings is 1. The standard InChI is InChI=1S/C13H20N2O4S/c1-3-19-10-4-6-14(7-5-10)13-11(15(17)18)8-12(20-13)9(2)16/h8-10,16H,3-7H2,1-2H3/t9-/m0/s1. The van der Waals surface area contributed by atoms with Crippen molar-refractivity contribution in [3.8, 4) is 0 Å². The largest absolute Gasteiger partial charge is 0.388 e. The third-order valence-electron chi connectivity index (χ3n) is 3.45. The first kappa shape index (κ1) is 15.2. The number of anilines is 1. The number of thiophene rings is 1. The Labute approximate surface area is 122 Å². The molecular formula is C13H20N2O4S. The molecule has 1 fully saturated rings. The number of nitro groups is 1. The summed E-state index contributed by atoms with van der Waals surface area (Å²) in [5.74, 6) is 0. The van der Waals surface area contributed by atoms with Crippen molar-refractivity contribution in [1.29, 1.82) is 0 Å². The van der Waals surface area contributed by atoms with E-state index < -0.39 is 6.10 Å². The van der Waals surface area contributed by atoms with Gasteiger partial charge in [-0.3, -0.25) is 10.1 Å². The molecule has 6 nitrogen and oxygen atoms in total. The molecule has 2 rings (SSSR count). The average Bonchev–Trinajstić information content (AvgIpc) is 2.85. The number of nitrogens with zero attached hydrogens (tertiary/aromatic N) is 2. The van der Waals surface area contributed by atoms with E-state index in [4.69, 9.17) is 4.74 Å². The third kappa shape index (κ3) is 3.28. The van der Waals surface area contributed by atoms with E-state index in [-0.39, 0.29) is 16.7 Å². The first-order valence-electron chi connectivity index (χ1n) is 6.85. The number of aliphatic hydroxyl groups is 1. The Morgan fingerprint density at radius 2 is 2.25 bits per heavy atom. The molecule has 0 amide bonds. The molecular weight excluding hydrogens is 280 g/mol. The normalized spacial score (nSPS) is 18.2. The van der Waals surface area contributed by atoms with Crippen LogP contribution >= 0.6 is 11.3 Å². The van der Waals surface area contributed by atoms with Crippen molar-refractivity contribution < 1.29 is 14.8 Å². The van der Waals surface area contributed by atoms with E-state index in [0.29, 0.717) is 16.5 Å². The van der Waals surface area contributed by atoms with Crippen molar-refractivity contribution in [1.82, 2.24) is 0 Å². The van der Waals surface area contributed by atoms with Gasteiger partial charge in [0, 0.05) is 30.6 Å². The van der Waals surface area contributed by atoms with Gasteiger partial charge in [0.2, 0.25) is 0 Å². The van der Waals surface area contributed by atoms with Crippen LogP contribution in [0.25, 0.3) is 0 Å². The Morgan fingerprint density at radius 3 is 2.75 bits per heavy atom. The molecule has 1 aromatic heterocycles. The lowest BCUT2D eigenvalue weighted by Crippen LogP contribution is -2.36. The molecule has 0 aromatic carbocycles. The molecule has 112 valence electrons. The van der Waals surface area contributed by atoms with Gasteiger partial charge in [-0.25, -0.2) is 0 Å². The number of hydrogen-bond donors (Lipinski definition) is 1.